The molecule has 2 atom stereocenters. The lowest BCUT2D eigenvalue weighted by atomic mass is 9.74. The van der Waals surface area contributed by atoms with E-state index in [1.807, 2.05) is 0 Å². The third-order valence-electron chi connectivity index (χ3n) is 13.4. The first kappa shape index (κ1) is 60.4. The van der Waals surface area contributed by atoms with E-state index in [-0.39, 0.29) is 109 Å². The van der Waals surface area contributed by atoms with Gasteiger partial charge in [-0.05, 0) is 110 Å². The van der Waals surface area contributed by atoms with Crippen molar-refractivity contribution in [3.63, 3.8) is 0 Å². The third kappa shape index (κ3) is 13.5. The summed E-state index contributed by atoms with van der Waals surface area (Å²) < 4.78 is 234. The van der Waals surface area contributed by atoms with E-state index in [1.165, 1.54) is 49.0 Å². The van der Waals surface area contributed by atoms with Crippen molar-refractivity contribution in [1.82, 2.24) is 0 Å². The lowest BCUT2D eigenvalue weighted by Gasteiger charge is -2.31. The predicted octanol–water partition coefficient (Wildman–Crippen LogP) is 3.49. The van der Waals surface area contributed by atoms with Crippen LogP contribution in [0.25, 0.3) is 21.5 Å². The summed E-state index contributed by atoms with van der Waals surface area (Å²) in [4.78, 5) is 8.95. The van der Waals surface area contributed by atoms with Crippen LogP contribution >= 0.6 is 0 Å². The second kappa shape index (κ2) is 22.5. The normalized spacial score (nSPS) is 19.2. The summed E-state index contributed by atoms with van der Waals surface area (Å²) in [6.07, 6.45) is 4.33. The molecule has 6 rings (SSSR count). The Morgan fingerprint density at radius 3 is 1.76 bits per heavy atom. The summed E-state index contributed by atoms with van der Waals surface area (Å²) in [6.45, 7) is 3.27. The number of unbranched alkanes of at least 4 members (excludes halogenated alkanes) is 2. The molecular weight excluding hydrogens is 1120 g/mol. The number of fused-ring (bicyclic) bond motifs is 6. The van der Waals surface area contributed by atoms with Crippen LogP contribution in [0.1, 0.15) is 76.3 Å². The Morgan fingerprint density at radius 2 is 1.24 bits per heavy atom. The van der Waals surface area contributed by atoms with E-state index in [4.69, 9.17) is 9.47 Å². The second-order valence-corrected chi connectivity index (χ2v) is 27.1. The van der Waals surface area contributed by atoms with Crippen LogP contribution in [0, 0.1) is 0 Å². The first-order valence-electron chi connectivity index (χ1n) is 23.1. The van der Waals surface area contributed by atoms with Crippen LogP contribution in [0.3, 0.4) is 0 Å². The van der Waals surface area contributed by atoms with Gasteiger partial charge in [-0.2, -0.15) is 13.0 Å². The Morgan fingerprint density at radius 1 is 0.658 bits per heavy atom. The number of carboxylic acids is 1. The Labute approximate surface area is 440 Å². The molecule has 2 N–H and O–H groups in total. The van der Waals surface area contributed by atoms with Crippen LogP contribution in [0.2, 0.25) is 0 Å². The number of rotatable bonds is 26. The molecule has 0 amide bonds. The maximum absolute atomic E-state index is 12.8. The molecule has 76 heavy (non-hydrogen) atoms. The molecule has 2 aliphatic rings. The molecule has 0 saturated heterocycles. The number of benzene rings is 4. The van der Waals surface area contributed by atoms with Crippen LogP contribution in [0.5, 0.6) is 0 Å². The molecule has 24 nitrogen and oxygen atoms in total. The molecule has 0 bridgehead atoms. The van der Waals surface area contributed by atoms with Gasteiger partial charge in [-0.25, -0.2) is 42.1 Å². The molecule has 418 valence electrons. The van der Waals surface area contributed by atoms with E-state index in [0.717, 1.165) is 18.2 Å². The van der Waals surface area contributed by atoms with Gasteiger partial charge in [-0.1, -0.05) is 18.6 Å². The quantitative estimate of drug-likeness (QED) is 0.0516. The number of nitrogens with zero attached hydrogens (tertiary/aromatic N) is 2. The minimum Gasteiger partial charge on any atom is -0.748 e. The number of carboxylic acid groups (broad SMARTS) is 1. The smallest absolute Gasteiger partial charge is 0.303 e. The van der Waals surface area contributed by atoms with Crippen molar-refractivity contribution in [3.8, 4) is 0 Å². The van der Waals surface area contributed by atoms with Crippen LogP contribution < -0.4 is 4.90 Å². The number of carbonyl (C=O) groups is 1. The molecule has 2 aliphatic heterocycles. The van der Waals surface area contributed by atoms with Crippen molar-refractivity contribution < 1.29 is 102 Å². The van der Waals surface area contributed by atoms with Gasteiger partial charge in [-0.15, -0.1) is 0 Å². The summed E-state index contributed by atoms with van der Waals surface area (Å²) in [5.41, 5.74) is -1.73. The first-order valence-corrected chi connectivity index (χ1v) is 31.9. The number of ether oxygens (including phenoxy) is 2. The van der Waals surface area contributed by atoms with E-state index < -0.39 is 115 Å². The molecule has 0 aromatic heterocycles. The number of hydrogen-bond donors (Lipinski definition) is 2. The molecular formula is C46H52N2O22S6-4. The second-order valence-electron chi connectivity index (χ2n) is 18.6. The minimum absolute atomic E-state index is 0.0249. The van der Waals surface area contributed by atoms with Gasteiger partial charge in [0.2, 0.25) is 5.69 Å². The van der Waals surface area contributed by atoms with Crippen molar-refractivity contribution >= 4 is 105 Å². The minimum atomic E-state index is -5.53. The number of allylic oxidation sites excluding steroid dienone is 4. The fourth-order valence-corrected chi connectivity index (χ4v) is 13.8. The Kier molecular flexibility index (Phi) is 17.9. The Bertz CT molecular complexity index is 3780. The Balaban J connectivity index is 1.69. The van der Waals surface area contributed by atoms with Crippen molar-refractivity contribution in [2.24, 2.45) is 0 Å². The lowest BCUT2D eigenvalue weighted by Crippen LogP contribution is -2.33. The van der Waals surface area contributed by atoms with E-state index >= 15 is 0 Å². The summed E-state index contributed by atoms with van der Waals surface area (Å²) in [5.74, 6) is -2.80. The van der Waals surface area contributed by atoms with Crippen LogP contribution in [0.15, 0.2) is 92.0 Å². The van der Waals surface area contributed by atoms with Crippen LogP contribution in [-0.4, -0.2) is 151 Å². The maximum Gasteiger partial charge on any atom is 0.303 e. The highest BCUT2D eigenvalue weighted by Crippen LogP contribution is 2.54. The average Bonchev–Trinajstić information content (AvgIpc) is 3.66. The van der Waals surface area contributed by atoms with Gasteiger partial charge in [0, 0.05) is 78.7 Å². The monoisotopic (exact) mass is 1180 g/mol. The van der Waals surface area contributed by atoms with Crippen LogP contribution in [-0.2, 0) is 85.8 Å². The molecule has 4 aromatic rings. The molecule has 0 aliphatic carbocycles. The van der Waals surface area contributed by atoms with Gasteiger partial charge in [-0.3, -0.25) is 9.35 Å². The molecule has 0 fully saturated rings. The van der Waals surface area contributed by atoms with Crippen molar-refractivity contribution in [2.45, 2.75) is 95.6 Å². The highest BCUT2D eigenvalue weighted by Gasteiger charge is 2.49. The zero-order chi connectivity index (χ0) is 56.6. The molecule has 4 aromatic carbocycles. The number of aliphatic carboxylic acids is 1. The van der Waals surface area contributed by atoms with E-state index in [2.05, 4.69) is 0 Å². The van der Waals surface area contributed by atoms with Crippen molar-refractivity contribution in [3.05, 3.63) is 83.6 Å². The molecule has 0 saturated carbocycles. The zero-order valence-electron chi connectivity index (χ0n) is 40.9. The lowest BCUT2D eigenvalue weighted by molar-refractivity contribution is -0.437. The maximum atomic E-state index is 12.8. The topological polar surface area (TPSA) is 402 Å². The summed E-state index contributed by atoms with van der Waals surface area (Å²) in [6, 6.07) is 7.90. The van der Waals surface area contributed by atoms with Gasteiger partial charge < -0.3 is 42.2 Å². The van der Waals surface area contributed by atoms with Crippen molar-refractivity contribution in [1.29, 1.82) is 0 Å². The van der Waals surface area contributed by atoms with Gasteiger partial charge >= 0.3 is 5.97 Å². The number of anilines is 1. The zero-order valence-corrected chi connectivity index (χ0v) is 45.8. The average molecular weight is 1180 g/mol. The van der Waals surface area contributed by atoms with Crippen LogP contribution in [0.4, 0.5) is 11.4 Å². The van der Waals surface area contributed by atoms with Gasteiger partial charge in [0.05, 0.1) is 54.1 Å². The number of methoxy groups -OCH3 is 1. The summed E-state index contributed by atoms with van der Waals surface area (Å²) >= 11 is 0. The highest BCUT2D eigenvalue weighted by molar-refractivity contribution is 7.87. The summed E-state index contributed by atoms with van der Waals surface area (Å²) in [7, 11) is -30.0. The van der Waals surface area contributed by atoms with Gasteiger partial charge in [0.1, 0.15) is 47.0 Å². The van der Waals surface area contributed by atoms with E-state index in [0.29, 0.717) is 36.4 Å². The summed E-state index contributed by atoms with van der Waals surface area (Å²) in [5, 5.41) is 8.37. The fraction of sp³-hybridized carbons (Fsp3) is 0.435. The first-order chi connectivity index (χ1) is 35.0. The molecule has 0 spiro atoms. The molecule has 2 unspecified atom stereocenters. The van der Waals surface area contributed by atoms with Crippen molar-refractivity contribution in [2.75, 3.05) is 56.4 Å². The standard InChI is InChI=1S/C46H56N2O22S6/c1-45(17-8-24-71(51,52)53)40(48(20-9-25-72(54,55)56)36-15-13-32-34(43(36)45)26-30(73(57,58)59)28-38(32)75(63,64)65)10-7-11-41-46(2,18-21-70-23-22-69-3)44-35-27-31(74(60,61)62)29-39(76(66,67)68)33(35)14-16-37(44)47(41)19-6-4-5-12-42(49)50/h7,10-11,13-16,26-29H,4-6,8-9,12,17-25H2,1-3H3,(H6-,49,50,51,52,53,54,55,56,57,58,59,60,61,62,63,64,65,66,67,68)/p-4. The largest absolute Gasteiger partial charge is 0.748 e. The van der Waals surface area contributed by atoms with Gasteiger partial charge in [0.25, 0.3) is 10.1 Å². The highest BCUT2D eigenvalue weighted by atomic mass is 32.2. The third-order valence-corrected chi connectivity index (χ3v) is 18.4. The number of hydrogen-bond acceptors (Lipinski definition) is 21. The SMILES string of the molecule is COCCOCCC1(C)/C(=C\C=C\C2=[N+](CCCS(=O)(=O)O)c3ccc4c(S(=O)(=O)[O-])cc(S(=O)(=O)[O-])cc4c3C2(C)CCCS(=O)(=O)[O-])N(CCCCCC(=O)O)c2ccc3c(S(=O)(=O)[O-])cc(S(=O)(=O)[O-])cc3c21. The molecule has 30 heteroatoms. The molecule has 0 radical (unpaired) electrons. The Hall–Kier alpha value is -4.80. The fourth-order valence-electron chi connectivity index (χ4n) is 10.2. The van der Waals surface area contributed by atoms with E-state index in [1.54, 1.807) is 17.9 Å². The van der Waals surface area contributed by atoms with Gasteiger partial charge in [0.15, 0.2) is 5.71 Å². The predicted molar refractivity (Wildman–Crippen MR) is 267 cm³/mol. The van der Waals surface area contributed by atoms with E-state index in [9.17, 15) is 87.7 Å². The molecule has 2 heterocycles.